The molecule has 1 aromatic carbocycles. The molecule has 2 aliphatic heterocycles. The van der Waals surface area contributed by atoms with Gasteiger partial charge < -0.3 is 15.0 Å². The summed E-state index contributed by atoms with van der Waals surface area (Å²) in [6.07, 6.45) is 10.1. The smallest absolute Gasteiger partial charge is 0.127 e. The lowest BCUT2D eigenvalue weighted by Crippen LogP contribution is -2.47. The van der Waals surface area contributed by atoms with Gasteiger partial charge in [-0.3, -0.25) is 9.97 Å². The van der Waals surface area contributed by atoms with Crippen molar-refractivity contribution in [2.45, 2.75) is 37.5 Å². The van der Waals surface area contributed by atoms with Crippen molar-refractivity contribution < 1.29 is 9.50 Å². The van der Waals surface area contributed by atoms with Crippen molar-refractivity contribution >= 4 is 5.57 Å². The Hall–Kier alpha value is -3.06. The van der Waals surface area contributed by atoms with Crippen LogP contribution in [0.15, 0.2) is 55.9 Å². The van der Waals surface area contributed by atoms with Crippen molar-refractivity contribution in [3.8, 4) is 22.7 Å². The first-order valence-electron chi connectivity index (χ1n) is 9.83. The number of nitrogens with zero attached hydrogens (tertiary/aromatic N) is 4. The molecule has 7 heteroatoms. The normalized spacial score (nSPS) is 25.8. The molecule has 2 N–H and O–H groups in total. The van der Waals surface area contributed by atoms with E-state index >= 15 is 0 Å². The Kier molecular flexibility index (Phi) is 4.39. The number of piperidine rings is 1. The molecule has 29 heavy (non-hydrogen) atoms. The molecule has 0 spiro atoms. The van der Waals surface area contributed by atoms with Crippen LogP contribution in [-0.4, -0.2) is 42.9 Å². The van der Waals surface area contributed by atoms with Gasteiger partial charge in [-0.05, 0) is 37.0 Å². The van der Waals surface area contributed by atoms with E-state index in [2.05, 4.69) is 26.8 Å². The van der Waals surface area contributed by atoms with E-state index in [4.69, 9.17) is 0 Å². The van der Waals surface area contributed by atoms with Gasteiger partial charge in [-0.2, -0.15) is 0 Å². The summed E-state index contributed by atoms with van der Waals surface area (Å²) in [5, 5.41) is 13.8. The Balaban J connectivity index is 1.37. The van der Waals surface area contributed by atoms with Crippen molar-refractivity contribution in [2.24, 2.45) is 5.92 Å². The second kappa shape index (κ2) is 7.08. The minimum Gasteiger partial charge on any atom is -0.507 e. The number of phenols is 1. The fourth-order valence-corrected chi connectivity index (χ4v) is 4.47. The first-order valence-corrected chi connectivity index (χ1v) is 9.83. The fraction of sp³-hybridized carbons (Fsp3) is 0.318. The maximum Gasteiger partial charge on any atom is 0.127 e. The van der Waals surface area contributed by atoms with E-state index in [1.54, 1.807) is 43.2 Å². The Morgan fingerprint density at radius 1 is 1.24 bits per heavy atom. The molecular weight excluding hydrogens is 369 g/mol. The molecule has 148 valence electrons. The van der Waals surface area contributed by atoms with E-state index in [0.717, 1.165) is 24.9 Å². The number of hydrogen-bond donors (Lipinski definition) is 2. The number of phenolic OH excluding ortho intramolecular Hbond substituents is 1. The molecule has 2 saturated heterocycles. The number of aromatic nitrogens is 4. The maximum atomic E-state index is 14.8. The number of benzene rings is 1. The summed E-state index contributed by atoms with van der Waals surface area (Å²) in [6, 6.07) is 5.62. The second-order valence-electron chi connectivity index (χ2n) is 7.82. The fourth-order valence-electron chi connectivity index (χ4n) is 4.47. The number of rotatable bonds is 4. The number of alkyl halides is 1. The van der Waals surface area contributed by atoms with Crippen LogP contribution in [0.4, 0.5) is 4.39 Å². The van der Waals surface area contributed by atoms with Gasteiger partial charge >= 0.3 is 0 Å². The Morgan fingerprint density at radius 3 is 2.86 bits per heavy atom. The molecule has 2 aliphatic rings. The number of hydrogen-bond acceptors (Lipinski definition) is 5. The zero-order valence-corrected chi connectivity index (χ0v) is 15.9. The van der Waals surface area contributed by atoms with Crippen LogP contribution in [0, 0.1) is 5.92 Å². The van der Waals surface area contributed by atoms with Crippen LogP contribution in [0.3, 0.4) is 0 Å². The van der Waals surface area contributed by atoms with Crippen molar-refractivity contribution in [1.82, 2.24) is 24.8 Å². The summed E-state index contributed by atoms with van der Waals surface area (Å²) in [4.78, 5) is 12.9. The third kappa shape index (κ3) is 3.21. The van der Waals surface area contributed by atoms with Gasteiger partial charge in [-0.15, -0.1) is 0 Å². The van der Waals surface area contributed by atoms with Crippen molar-refractivity contribution in [1.29, 1.82) is 0 Å². The van der Waals surface area contributed by atoms with Crippen LogP contribution in [0.1, 0.15) is 25.0 Å². The zero-order chi connectivity index (χ0) is 20.0. The molecule has 0 amide bonds. The average molecular weight is 391 g/mol. The lowest BCUT2D eigenvalue weighted by molar-refractivity contribution is 0.167. The third-order valence-electron chi connectivity index (χ3n) is 6.07. The monoisotopic (exact) mass is 391 g/mol. The van der Waals surface area contributed by atoms with Crippen molar-refractivity contribution in [2.75, 3.05) is 0 Å². The average Bonchev–Trinajstić information content (AvgIpc) is 3.41. The quantitative estimate of drug-likeness (QED) is 0.712. The molecule has 4 atom stereocenters. The molecule has 2 aromatic heterocycles. The van der Waals surface area contributed by atoms with E-state index in [1.807, 2.05) is 10.6 Å². The SMILES string of the molecule is C=C(c1cnc(-c2ccc(-n3ccnc3)cc2O)cn1)[C@@H]1CC2CCC(N2)[C@@H]1F. The number of halogens is 1. The van der Waals surface area contributed by atoms with Gasteiger partial charge in [-0.25, -0.2) is 9.37 Å². The lowest BCUT2D eigenvalue weighted by atomic mass is 9.84. The first-order chi connectivity index (χ1) is 14.1. The number of nitrogens with one attached hydrogen (secondary N) is 1. The van der Waals surface area contributed by atoms with Crippen LogP contribution >= 0.6 is 0 Å². The molecule has 0 radical (unpaired) electrons. The summed E-state index contributed by atoms with van der Waals surface area (Å²) < 4.78 is 16.6. The van der Waals surface area contributed by atoms with Gasteiger partial charge in [0.15, 0.2) is 0 Å². The van der Waals surface area contributed by atoms with Crippen molar-refractivity contribution in [3.05, 3.63) is 61.6 Å². The predicted molar refractivity (Wildman–Crippen MR) is 108 cm³/mol. The topological polar surface area (TPSA) is 75.9 Å². The van der Waals surface area contributed by atoms with E-state index in [9.17, 15) is 9.50 Å². The number of imidazole rings is 1. The Labute approximate surface area is 168 Å². The first kappa shape index (κ1) is 18.0. The summed E-state index contributed by atoms with van der Waals surface area (Å²) in [6.45, 7) is 4.13. The van der Waals surface area contributed by atoms with E-state index < -0.39 is 6.17 Å². The minimum atomic E-state index is -0.942. The minimum absolute atomic E-state index is 0.0753. The lowest BCUT2D eigenvalue weighted by Gasteiger charge is -2.33. The molecule has 3 aromatic rings. The molecule has 2 unspecified atom stereocenters. The molecule has 4 heterocycles. The molecule has 0 aliphatic carbocycles. The van der Waals surface area contributed by atoms with E-state index in [1.165, 1.54) is 0 Å². The number of allylic oxidation sites excluding steroid dienone is 1. The van der Waals surface area contributed by atoms with E-state index in [0.29, 0.717) is 28.6 Å². The van der Waals surface area contributed by atoms with Gasteiger partial charge in [0, 0.05) is 42.0 Å². The van der Waals surface area contributed by atoms with Gasteiger partial charge in [0.05, 0.1) is 35.8 Å². The molecule has 2 bridgehead atoms. The summed E-state index contributed by atoms with van der Waals surface area (Å²) in [5.41, 5.74) is 3.25. The number of fused-ring (bicyclic) bond motifs is 2. The second-order valence-corrected chi connectivity index (χ2v) is 7.82. The van der Waals surface area contributed by atoms with Gasteiger partial charge in [-0.1, -0.05) is 6.58 Å². The highest BCUT2D eigenvalue weighted by Gasteiger charge is 2.43. The highest BCUT2D eigenvalue weighted by molar-refractivity contribution is 5.69. The standard InChI is InChI=1S/C22H22FN5O/c1-13(17-8-14-2-5-18(27-14)22(17)23)19-10-26-20(11-25-19)16-4-3-15(9-21(16)29)28-7-6-24-12-28/h3-4,6-7,9-12,14,17-18,22,27,29H,1-2,5,8H2/t14?,17-,18?,22+/m0/s1. The maximum absolute atomic E-state index is 14.8. The van der Waals surface area contributed by atoms with Crippen LogP contribution in [-0.2, 0) is 0 Å². The summed E-state index contributed by atoms with van der Waals surface area (Å²) in [7, 11) is 0. The zero-order valence-electron chi connectivity index (χ0n) is 15.9. The number of aromatic hydroxyl groups is 1. The van der Waals surface area contributed by atoms with Crippen molar-refractivity contribution in [3.63, 3.8) is 0 Å². The molecule has 5 rings (SSSR count). The van der Waals surface area contributed by atoms with Gasteiger partial charge in [0.25, 0.3) is 0 Å². The van der Waals surface area contributed by atoms with Gasteiger partial charge in [0.1, 0.15) is 11.9 Å². The van der Waals surface area contributed by atoms with Crippen LogP contribution < -0.4 is 5.32 Å². The van der Waals surface area contributed by atoms with Crippen LogP contribution in [0.2, 0.25) is 0 Å². The summed E-state index contributed by atoms with van der Waals surface area (Å²) >= 11 is 0. The largest absolute Gasteiger partial charge is 0.507 e. The molecular formula is C22H22FN5O. The highest BCUT2D eigenvalue weighted by Crippen LogP contribution is 2.39. The molecule has 6 nitrogen and oxygen atoms in total. The summed E-state index contributed by atoms with van der Waals surface area (Å²) in [5.74, 6) is -0.118. The van der Waals surface area contributed by atoms with Gasteiger partial charge in [0.2, 0.25) is 0 Å². The van der Waals surface area contributed by atoms with Crippen LogP contribution in [0.5, 0.6) is 5.75 Å². The molecule has 2 fully saturated rings. The van der Waals surface area contributed by atoms with Crippen LogP contribution in [0.25, 0.3) is 22.5 Å². The Morgan fingerprint density at radius 2 is 2.14 bits per heavy atom. The highest BCUT2D eigenvalue weighted by atomic mass is 19.1. The Bertz CT molecular complexity index is 1030. The van der Waals surface area contributed by atoms with E-state index in [-0.39, 0.29) is 17.7 Å². The predicted octanol–water partition coefficient (Wildman–Crippen LogP) is 3.53. The molecule has 0 saturated carbocycles. The third-order valence-corrected chi connectivity index (χ3v) is 6.07.